The summed E-state index contributed by atoms with van der Waals surface area (Å²) in [6.45, 7) is 4.18. The largest absolute Gasteiger partial charge is 0.497 e. The number of benzene rings is 3. The van der Waals surface area contributed by atoms with Gasteiger partial charge in [-0.2, -0.15) is 0 Å². The van der Waals surface area contributed by atoms with Crippen LogP contribution in [0.3, 0.4) is 0 Å². The molecule has 2 amide bonds. The van der Waals surface area contributed by atoms with Gasteiger partial charge in [-0.05, 0) is 73.6 Å². The van der Waals surface area contributed by atoms with Crippen LogP contribution in [0.25, 0.3) is 0 Å². The van der Waals surface area contributed by atoms with E-state index in [4.69, 9.17) is 4.74 Å². The third-order valence-corrected chi connectivity index (χ3v) is 9.43. The van der Waals surface area contributed by atoms with E-state index in [9.17, 15) is 18.0 Å². The predicted octanol–water partition coefficient (Wildman–Crippen LogP) is 5.56. The predicted molar refractivity (Wildman–Crippen MR) is 175 cm³/mol. The first kappa shape index (κ1) is 33.1. The van der Waals surface area contributed by atoms with Gasteiger partial charge >= 0.3 is 0 Å². The van der Waals surface area contributed by atoms with Gasteiger partial charge in [0.1, 0.15) is 11.8 Å². The SMILES string of the molecule is COc1cccc(CN(C(=O)CCCN(c2cc(C)ccc2C)S(C)(=O)=O)[C@@H](Cc2ccccc2)C(=O)NC2CCCC2)c1. The summed E-state index contributed by atoms with van der Waals surface area (Å²) in [6, 6.07) is 22.3. The van der Waals surface area contributed by atoms with Crippen molar-refractivity contribution in [1.82, 2.24) is 10.2 Å². The number of hydrogen-bond donors (Lipinski definition) is 1. The third kappa shape index (κ3) is 9.08. The van der Waals surface area contributed by atoms with Crippen molar-refractivity contribution in [2.45, 2.75) is 77.4 Å². The van der Waals surface area contributed by atoms with Crippen LogP contribution in [0.5, 0.6) is 5.75 Å². The van der Waals surface area contributed by atoms with Crippen LogP contribution >= 0.6 is 0 Å². The summed E-state index contributed by atoms with van der Waals surface area (Å²) >= 11 is 0. The van der Waals surface area contributed by atoms with Gasteiger partial charge in [-0.3, -0.25) is 13.9 Å². The minimum atomic E-state index is -3.59. The molecule has 0 saturated heterocycles. The minimum Gasteiger partial charge on any atom is -0.497 e. The van der Waals surface area contributed by atoms with Crippen molar-refractivity contribution in [3.8, 4) is 5.75 Å². The van der Waals surface area contributed by atoms with Crippen LogP contribution in [-0.4, -0.2) is 57.1 Å². The van der Waals surface area contributed by atoms with Crippen molar-refractivity contribution in [2.75, 3.05) is 24.2 Å². The smallest absolute Gasteiger partial charge is 0.243 e. The lowest BCUT2D eigenvalue weighted by Crippen LogP contribution is -2.52. The highest BCUT2D eigenvalue weighted by Gasteiger charge is 2.32. The summed E-state index contributed by atoms with van der Waals surface area (Å²) in [5.41, 5.74) is 4.22. The van der Waals surface area contributed by atoms with Crippen LogP contribution in [0.2, 0.25) is 0 Å². The number of amides is 2. The molecule has 0 aromatic heterocycles. The molecule has 0 radical (unpaired) electrons. The number of nitrogens with zero attached hydrogens (tertiary/aromatic N) is 2. The molecule has 8 nitrogen and oxygen atoms in total. The number of nitrogens with one attached hydrogen (secondary N) is 1. The van der Waals surface area contributed by atoms with Gasteiger partial charge in [0.2, 0.25) is 21.8 Å². The van der Waals surface area contributed by atoms with E-state index >= 15 is 0 Å². The van der Waals surface area contributed by atoms with E-state index in [0.29, 0.717) is 24.3 Å². The lowest BCUT2D eigenvalue weighted by atomic mass is 10.0. The van der Waals surface area contributed by atoms with Crippen LogP contribution in [0.15, 0.2) is 72.8 Å². The quantitative estimate of drug-likeness (QED) is 0.255. The first-order chi connectivity index (χ1) is 21.0. The molecule has 0 heterocycles. The fourth-order valence-electron chi connectivity index (χ4n) is 5.86. The van der Waals surface area contributed by atoms with Crippen LogP contribution in [0.1, 0.15) is 60.8 Å². The van der Waals surface area contributed by atoms with Crippen molar-refractivity contribution < 1.29 is 22.7 Å². The van der Waals surface area contributed by atoms with Crippen LogP contribution in [0.4, 0.5) is 5.69 Å². The molecule has 3 aromatic carbocycles. The maximum absolute atomic E-state index is 14.1. The molecule has 1 aliphatic rings. The monoisotopic (exact) mass is 619 g/mol. The molecule has 1 atom stereocenters. The Bertz CT molecular complexity index is 1520. The van der Waals surface area contributed by atoms with Crippen LogP contribution < -0.4 is 14.4 Å². The zero-order chi connectivity index (χ0) is 31.7. The highest BCUT2D eigenvalue weighted by atomic mass is 32.2. The number of carbonyl (C=O) groups excluding carboxylic acids is 2. The number of hydrogen-bond acceptors (Lipinski definition) is 5. The number of aryl methyl sites for hydroxylation is 2. The van der Waals surface area contributed by atoms with Crippen LogP contribution in [-0.2, 0) is 32.6 Å². The van der Waals surface area contributed by atoms with Gasteiger partial charge in [0, 0.05) is 32.0 Å². The zero-order valence-electron chi connectivity index (χ0n) is 26.3. The Balaban J connectivity index is 1.61. The molecule has 0 aliphatic heterocycles. The first-order valence-corrected chi connectivity index (χ1v) is 17.2. The van der Waals surface area contributed by atoms with Gasteiger partial charge < -0.3 is 15.0 Å². The van der Waals surface area contributed by atoms with Crippen molar-refractivity contribution >= 4 is 27.5 Å². The Morgan fingerprint density at radius 1 is 0.955 bits per heavy atom. The Hall–Kier alpha value is -3.85. The van der Waals surface area contributed by atoms with E-state index in [0.717, 1.165) is 47.9 Å². The second kappa shape index (κ2) is 15.2. The molecule has 1 fully saturated rings. The number of anilines is 1. The van der Waals surface area contributed by atoms with Crippen molar-refractivity contribution in [2.24, 2.45) is 0 Å². The third-order valence-electron chi connectivity index (χ3n) is 8.25. The lowest BCUT2D eigenvalue weighted by molar-refractivity contribution is -0.141. The molecule has 236 valence electrons. The molecule has 0 bridgehead atoms. The number of rotatable bonds is 14. The van der Waals surface area contributed by atoms with Gasteiger partial charge in [0.25, 0.3) is 0 Å². The van der Waals surface area contributed by atoms with Gasteiger partial charge in [-0.1, -0.05) is 67.4 Å². The molecule has 0 spiro atoms. The normalized spacial score (nSPS) is 14.2. The fraction of sp³-hybridized carbons (Fsp3) is 0.429. The van der Waals surface area contributed by atoms with E-state index in [2.05, 4.69) is 5.32 Å². The average Bonchev–Trinajstić information content (AvgIpc) is 3.51. The summed E-state index contributed by atoms with van der Waals surface area (Å²) in [5.74, 6) is 0.303. The maximum atomic E-state index is 14.1. The summed E-state index contributed by atoms with van der Waals surface area (Å²) in [6.07, 6.45) is 5.98. The highest BCUT2D eigenvalue weighted by Crippen LogP contribution is 2.26. The maximum Gasteiger partial charge on any atom is 0.243 e. The first-order valence-electron chi connectivity index (χ1n) is 15.4. The van der Waals surface area contributed by atoms with E-state index in [-0.39, 0.29) is 37.4 Å². The second-order valence-electron chi connectivity index (χ2n) is 11.8. The summed E-state index contributed by atoms with van der Waals surface area (Å²) in [7, 11) is -1.99. The molecule has 1 N–H and O–H groups in total. The fourth-order valence-corrected chi connectivity index (χ4v) is 6.87. The standard InChI is InChI=1S/C35H45N3O5S/c1-26-19-20-27(2)32(22-26)38(44(4,41)42)21-11-18-34(39)37(25-29-14-10-17-31(23-29)43-3)33(24-28-12-6-5-7-13-28)35(40)36-30-15-8-9-16-30/h5-7,10,12-14,17,19-20,22-23,30,33H,8-9,11,15-16,18,21,24-25H2,1-4H3,(H,36,40)/t33-/m0/s1. The minimum absolute atomic E-state index is 0.0862. The zero-order valence-corrected chi connectivity index (χ0v) is 27.1. The molecular formula is C35H45N3O5S. The number of carbonyl (C=O) groups is 2. The molecule has 0 unspecified atom stereocenters. The molecule has 4 rings (SSSR count). The summed E-state index contributed by atoms with van der Waals surface area (Å²) in [5, 5.41) is 3.23. The topological polar surface area (TPSA) is 96.0 Å². The molecular weight excluding hydrogens is 574 g/mol. The van der Waals surface area contributed by atoms with E-state index < -0.39 is 16.1 Å². The number of sulfonamides is 1. The molecule has 1 aliphatic carbocycles. The van der Waals surface area contributed by atoms with Gasteiger partial charge in [0.15, 0.2) is 0 Å². The van der Waals surface area contributed by atoms with Crippen LogP contribution in [0, 0.1) is 13.8 Å². The van der Waals surface area contributed by atoms with E-state index in [1.807, 2.05) is 86.6 Å². The Morgan fingerprint density at radius 2 is 1.66 bits per heavy atom. The number of ether oxygens (including phenoxy) is 1. The Morgan fingerprint density at radius 3 is 2.34 bits per heavy atom. The molecule has 44 heavy (non-hydrogen) atoms. The van der Waals surface area contributed by atoms with Crippen molar-refractivity contribution in [1.29, 1.82) is 0 Å². The summed E-state index contributed by atoms with van der Waals surface area (Å²) < 4.78 is 32.5. The number of methoxy groups -OCH3 is 1. The average molecular weight is 620 g/mol. The van der Waals surface area contributed by atoms with Gasteiger partial charge in [0.05, 0.1) is 19.1 Å². The Labute approximate surface area is 262 Å². The summed E-state index contributed by atoms with van der Waals surface area (Å²) in [4.78, 5) is 29.7. The van der Waals surface area contributed by atoms with E-state index in [1.54, 1.807) is 12.0 Å². The Kier molecular flexibility index (Phi) is 11.4. The molecule has 3 aromatic rings. The van der Waals surface area contributed by atoms with E-state index in [1.165, 1.54) is 10.6 Å². The van der Waals surface area contributed by atoms with Crippen molar-refractivity contribution in [3.63, 3.8) is 0 Å². The van der Waals surface area contributed by atoms with Gasteiger partial charge in [-0.15, -0.1) is 0 Å². The van der Waals surface area contributed by atoms with Crippen molar-refractivity contribution in [3.05, 3.63) is 95.1 Å². The molecule has 1 saturated carbocycles. The second-order valence-corrected chi connectivity index (χ2v) is 13.7. The lowest BCUT2D eigenvalue weighted by Gasteiger charge is -2.33. The highest BCUT2D eigenvalue weighted by molar-refractivity contribution is 7.92. The molecule has 9 heteroatoms. The van der Waals surface area contributed by atoms with Gasteiger partial charge in [-0.25, -0.2) is 8.42 Å².